The lowest BCUT2D eigenvalue weighted by Crippen LogP contribution is -2.54. The van der Waals surface area contributed by atoms with Gasteiger partial charge in [0.2, 0.25) is 5.91 Å². The third-order valence-corrected chi connectivity index (χ3v) is 4.50. The lowest BCUT2D eigenvalue weighted by molar-refractivity contribution is -0.138. The highest BCUT2D eigenvalue weighted by Crippen LogP contribution is 2.24. The van der Waals surface area contributed by atoms with Crippen LogP contribution >= 0.6 is 0 Å². The van der Waals surface area contributed by atoms with E-state index in [-0.39, 0.29) is 24.1 Å². The third-order valence-electron chi connectivity index (χ3n) is 4.50. The van der Waals surface area contributed by atoms with Gasteiger partial charge in [-0.2, -0.15) is 0 Å². The van der Waals surface area contributed by atoms with Crippen LogP contribution in [0.4, 0.5) is 0 Å². The van der Waals surface area contributed by atoms with Gasteiger partial charge in [0, 0.05) is 7.05 Å². The molecule has 0 aromatic heterocycles. The van der Waals surface area contributed by atoms with Gasteiger partial charge in [-0.05, 0) is 38.1 Å². The summed E-state index contributed by atoms with van der Waals surface area (Å²) in [4.78, 5) is 14.2. The van der Waals surface area contributed by atoms with Crippen molar-refractivity contribution in [3.63, 3.8) is 0 Å². The summed E-state index contributed by atoms with van der Waals surface area (Å²) < 4.78 is 0. The Hall–Kier alpha value is -0.610. The smallest absolute Gasteiger partial charge is 0.239 e. The molecule has 0 aromatic rings. The first-order valence-electron chi connectivity index (χ1n) is 7.27. The second kappa shape index (κ2) is 6.02. The number of hydrogen-bond donors (Lipinski definition) is 2. The molecule has 2 N–H and O–H groups in total. The van der Waals surface area contributed by atoms with Crippen molar-refractivity contribution >= 4 is 5.91 Å². The van der Waals surface area contributed by atoms with Gasteiger partial charge in [0.25, 0.3) is 0 Å². The molecule has 1 heterocycles. The van der Waals surface area contributed by atoms with Gasteiger partial charge in [-0.25, -0.2) is 0 Å². The normalized spacial score (nSPS) is 37.3. The summed E-state index contributed by atoms with van der Waals surface area (Å²) in [5.74, 6) is 0.775. The molecular formula is C14H26N2O2. The summed E-state index contributed by atoms with van der Waals surface area (Å²) in [6.45, 7) is 3.13. The van der Waals surface area contributed by atoms with Crippen LogP contribution in [-0.2, 0) is 4.79 Å². The van der Waals surface area contributed by atoms with E-state index >= 15 is 0 Å². The van der Waals surface area contributed by atoms with Crippen molar-refractivity contribution in [2.45, 2.75) is 63.6 Å². The Bertz CT molecular complexity index is 296. The number of aliphatic hydroxyl groups is 1. The fourth-order valence-electron chi connectivity index (χ4n) is 3.25. The number of hydrogen-bond acceptors (Lipinski definition) is 3. The second-order valence-electron chi connectivity index (χ2n) is 6.00. The molecule has 4 nitrogen and oxygen atoms in total. The number of likely N-dealkylation sites (N-methyl/N-ethyl adjacent to an activating group) is 1. The predicted molar refractivity (Wildman–Crippen MR) is 71.2 cm³/mol. The number of carbonyl (C=O) groups is 1. The minimum Gasteiger partial charge on any atom is -0.391 e. The van der Waals surface area contributed by atoms with Gasteiger partial charge in [-0.1, -0.05) is 19.8 Å². The standard InChI is InChI=1S/C14H26N2O2/c1-10-7-8-15-11(9-10)14(18)16(2)12-5-3-4-6-13(12)17/h10-13,15,17H,3-9H2,1-2H3. The van der Waals surface area contributed by atoms with E-state index in [0.717, 1.165) is 45.1 Å². The van der Waals surface area contributed by atoms with E-state index in [1.165, 1.54) is 0 Å². The molecule has 0 bridgehead atoms. The summed E-state index contributed by atoms with van der Waals surface area (Å²) in [5.41, 5.74) is 0. The van der Waals surface area contributed by atoms with E-state index in [1.807, 2.05) is 7.05 Å². The van der Waals surface area contributed by atoms with Gasteiger partial charge in [0.05, 0.1) is 18.2 Å². The van der Waals surface area contributed by atoms with E-state index in [1.54, 1.807) is 4.90 Å². The van der Waals surface area contributed by atoms with E-state index in [9.17, 15) is 9.90 Å². The van der Waals surface area contributed by atoms with Crippen LogP contribution in [0.1, 0.15) is 45.4 Å². The Morgan fingerprint density at radius 3 is 2.67 bits per heavy atom. The molecule has 1 aliphatic heterocycles. The molecule has 4 unspecified atom stereocenters. The first-order chi connectivity index (χ1) is 8.59. The average Bonchev–Trinajstić information content (AvgIpc) is 2.37. The second-order valence-corrected chi connectivity index (χ2v) is 6.00. The summed E-state index contributed by atoms with van der Waals surface area (Å²) in [5, 5.41) is 13.3. The number of piperidine rings is 1. The lowest BCUT2D eigenvalue weighted by Gasteiger charge is -2.38. The highest BCUT2D eigenvalue weighted by Gasteiger charge is 2.33. The molecule has 2 fully saturated rings. The predicted octanol–water partition coefficient (Wildman–Crippen LogP) is 1.14. The first kappa shape index (κ1) is 13.8. The van der Waals surface area contributed by atoms with Crippen LogP contribution in [0.15, 0.2) is 0 Å². The molecular weight excluding hydrogens is 228 g/mol. The van der Waals surface area contributed by atoms with Gasteiger partial charge in [-0.15, -0.1) is 0 Å². The highest BCUT2D eigenvalue weighted by atomic mass is 16.3. The zero-order chi connectivity index (χ0) is 13.1. The third kappa shape index (κ3) is 3.04. The Labute approximate surface area is 110 Å². The topological polar surface area (TPSA) is 52.6 Å². The largest absolute Gasteiger partial charge is 0.391 e. The Kier molecular flexibility index (Phi) is 4.62. The molecule has 4 heteroatoms. The quantitative estimate of drug-likeness (QED) is 0.777. The summed E-state index contributed by atoms with van der Waals surface area (Å²) >= 11 is 0. The van der Waals surface area contributed by atoms with Crippen LogP contribution in [0.5, 0.6) is 0 Å². The maximum atomic E-state index is 12.4. The monoisotopic (exact) mass is 254 g/mol. The van der Waals surface area contributed by atoms with Crippen molar-refractivity contribution in [1.82, 2.24) is 10.2 Å². The van der Waals surface area contributed by atoms with Gasteiger partial charge in [-0.3, -0.25) is 4.79 Å². The van der Waals surface area contributed by atoms with Gasteiger partial charge in [0.15, 0.2) is 0 Å². The number of carbonyl (C=O) groups excluding carboxylic acids is 1. The molecule has 104 valence electrons. The molecule has 1 amide bonds. The number of nitrogens with zero attached hydrogens (tertiary/aromatic N) is 1. The average molecular weight is 254 g/mol. The number of nitrogens with one attached hydrogen (secondary N) is 1. The van der Waals surface area contributed by atoms with Crippen molar-refractivity contribution in [3.8, 4) is 0 Å². The minimum atomic E-state index is -0.339. The highest BCUT2D eigenvalue weighted by molar-refractivity contribution is 5.82. The number of aliphatic hydroxyl groups excluding tert-OH is 1. The van der Waals surface area contributed by atoms with Crippen LogP contribution in [0.3, 0.4) is 0 Å². The van der Waals surface area contributed by atoms with E-state index in [2.05, 4.69) is 12.2 Å². The van der Waals surface area contributed by atoms with E-state index in [0.29, 0.717) is 5.92 Å². The summed E-state index contributed by atoms with van der Waals surface area (Å²) in [6, 6.07) is -0.0295. The SMILES string of the molecule is CC1CCNC(C(=O)N(C)C2CCCCC2O)C1. The molecule has 1 aliphatic carbocycles. The molecule has 1 saturated carbocycles. The van der Waals surface area contributed by atoms with Gasteiger partial charge in [0.1, 0.15) is 0 Å². The minimum absolute atomic E-state index is 0.0188. The maximum absolute atomic E-state index is 12.4. The number of rotatable bonds is 2. The van der Waals surface area contributed by atoms with Crippen molar-refractivity contribution in [2.75, 3.05) is 13.6 Å². The maximum Gasteiger partial charge on any atom is 0.239 e. The van der Waals surface area contributed by atoms with Gasteiger partial charge < -0.3 is 15.3 Å². The van der Waals surface area contributed by atoms with Gasteiger partial charge >= 0.3 is 0 Å². The van der Waals surface area contributed by atoms with Crippen LogP contribution in [0, 0.1) is 5.92 Å². The van der Waals surface area contributed by atoms with Crippen LogP contribution in [-0.4, -0.2) is 47.7 Å². The van der Waals surface area contributed by atoms with Crippen LogP contribution < -0.4 is 5.32 Å². The Balaban J connectivity index is 1.94. The van der Waals surface area contributed by atoms with Crippen molar-refractivity contribution in [3.05, 3.63) is 0 Å². The van der Waals surface area contributed by atoms with Crippen molar-refractivity contribution in [2.24, 2.45) is 5.92 Å². The Morgan fingerprint density at radius 1 is 1.28 bits per heavy atom. The summed E-state index contributed by atoms with van der Waals surface area (Å²) in [6.07, 6.45) is 5.70. The molecule has 0 aromatic carbocycles. The fraction of sp³-hybridized carbons (Fsp3) is 0.929. The lowest BCUT2D eigenvalue weighted by atomic mass is 9.89. The summed E-state index contributed by atoms with van der Waals surface area (Å²) in [7, 11) is 1.85. The molecule has 4 atom stereocenters. The fourth-order valence-corrected chi connectivity index (χ4v) is 3.25. The zero-order valence-corrected chi connectivity index (χ0v) is 11.6. The molecule has 0 radical (unpaired) electrons. The molecule has 2 rings (SSSR count). The molecule has 18 heavy (non-hydrogen) atoms. The van der Waals surface area contributed by atoms with Crippen LogP contribution in [0.2, 0.25) is 0 Å². The van der Waals surface area contributed by atoms with Crippen LogP contribution in [0.25, 0.3) is 0 Å². The molecule has 1 saturated heterocycles. The van der Waals surface area contributed by atoms with E-state index in [4.69, 9.17) is 0 Å². The zero-order valence-electron chi connectivity index (χ0n) is 11.6. The molecule has 2 aliphatic rings. The number of amides is 1. The Morgan fingerprint density at radius 2 is 2.00 bits per heavy atom. The van der Waals surface area contributed by atoms with Crippen molar-refractivity contribution in [1.29, 1.82) is 0 Å². The molecule has 0 spiro atoms. The first-order valence-corrected chi connectivity index (χ1v) is 7.27. The van der Waals surface area contributed by atoms with Crippen molar-refractivity contribution < 1.29 is 9.90 Å². The van der Waals surface area contributed by atoms with E-state index < -0.39 is 0 Å².